The summed E-state index contributed by atoms with van der Waals surface area (Å²) in [5.74, 6) is -49.7. The molecule has 0 spiro atoms. The number of epoxide rings is 1. The molecule has 1 aliphatic rings. The van der Waals surface area contributed by atoms with Crippen LogP contribution in [0.2, 0.25) is 0 Å². The highest BCUT2D eigenvalue weighted by atomic mass is 19.4. The van der Waals surface area contributed by atoms with Gasteiger partial charge in [-0.15, -0.1) is 0 Å². The van der Waals surface area contributed by atoms with Gasteiger partial charge in [-0.2, -0.15) is 79.0 Å². The lowest BCUT2D eigenvalue weighted by Crippen LogP contribution is -2.77. The van der Waals surface area contributed by atoms with Crippen LogP contribution in [0.25, 0.3) is 0 Å². The zero-order chi connectivity index (χ0) is 28.3. The van der Waals surface area contributed by atoms with Crippen LogP contribution in [0.15, 0.2) is 0 Å². The Kier molecular flexibility index (Phi) is 7.75. The van der Waals surface area contributed by atoms with Crippen LogP contribution in [0.4, 0.5) is 83.4 Å². The number of hydrogen-bond acceptors (Lipinski definition) is 2. The third kappa shape index (κ3) is 4.58. The first kappa shape index (κ1) is 31.6. The minimum atomic E-state index is -9.00. The monoisotopic (exact) mass is 570 g/mol. The van der Waals surface area contributed by atoms with E-state index in [0.29, 0.717) is 0 Å². The fourth-order valence-corrected chi connectivity index (χ4v) is 2.29. The van der Waals surface area contributed by atoms with Crippen molar-refractivity contribution in [2.24, 2.45) is 0 Å². The van der Waals surface area contributed by atoms with Gasteiger partial charge in [-0.05, 0) is 0 Å². The number of ether oxygens (including phenoxy) is 2. The molecular weight excluding hydrogens is 561 g/mol. The van der Waals surface area contributed by atoms with Crippen molar-refractivity contribution in [3.8, 4) is 0 Å². The summed E-state index contributed by atoms with van der Waals surface area (Å²) in [7, 11) is 0. The van der Waals surface area contributed by atoms with Gasteiger partial charge in [-0.3, -0.25) is 0 Å². The lowest BCUT2D eigenvalue weighted by atomic mass is 9.83. The Balaban J connectivity index is 3.50. The molecule has 0 N–H and O–H groups in total. The molecule has 0 aliphatic carbocycles. The number of hydrogen-bond donors (Lipinski definition) is 0. The van der Waals surface area contributed by atoms with Crippen LogP contribution in [0.1, 0.15) is 6.42 Å². The third-order valence-electron chi connectivity index (χ3n) is 4.52. The van der Waals surface area contributed by atoms with Crippen molar-refractivity contribution >= 4 is 0 Å². The van der Waals surface area contributed by atoms with E-state index in [1.807, 2.05) is 0 Å². The Hall–Kier alpha value is -1.41. The number of alkyl halides is 19. The molecule has 1 rings (SSSR count). The standard InChI is InChI=1S/C14H9F19O2/c15-6(16,1-2-34-3-5-4-35-5)8(18,19)10(22,23)12(26,27)11(24,25)9(20,21)7(17,13(28,29)30)14(31,32)33/h5H,1-4H2. The van der Waals surface area contributed by atoms with Crippen LogP contribution in [0.5, 0.6) is 0 Å². The second kappa shape index (κ2) is 8.57. The van der Waals surface area contributed by atoms with E-state index in [-0.39, 0.29) is 6.61 Å². The van der Waals surface area contributed by atoms with Crippen LogP contribution in [-0.4, -0.2) is 79.5 Å². The van der Waals surface area contributed by atoms with Crippen LogP contribution in [0, 0.1) is 0 Å². The topological polar surface area (TPSA) is 21.8 Å². The Bertz CT molecular complexity index is 734. The quantitative estimate of drug-likeness (QED) is 0.162. The molecule has 0 aromatic rings. The molecule has 2 nitrogen and oxygen atoms in total. The predicted octanol–water partition coefficient (Wildman–Crippen LogP) is 6.44. The average Bonchev–Trinajstić information content (AvgIpc) is 3.46. The van der Waals surface area contributed by atoms with Crippen molar-refractivity contribution in [2.75, 3.05) is 19.8 Å². The van der Waals surface area contributed by atoms with E-state index in [1.54, 1.807) is 0 Å². The summed E-state index contributed by atoms with van der Waals surface area (Å²) in [6.45, 7) is -2.38. The fraction of sp³-hybridized carbons (Fsp3) is 1.00. The maximum Gasteiger partial charge on any atom is 0.438 e. The SMILES string of the molecule is FC(F)(F)C(F)(C(F)(F)F)C(F)(F)C(F)(F)C(F)(F)C(F)(F)C(F)(F)C(F)(F)CCOCC1CO1. The summed E-state index contributed by atoms with van der Waals surface area (Å²) in [5.41, 5.74) is -8.73. The second-order valence-electron chi connectivity index (χ2n) is 7.01. The first-order chi connectivity index (χ1) is 15.1. The fourth-order valence-electron chi connectivity index (χ4n) is 2.29. The van der Waals surface area contributed by atoms with Crippen molar-refractivity contribution in [3.05, 3.63) is 0 Å². The predicted molar refractivity (Wildman–Crippen MR) is 70.8 cm³/mol. The maximum absolute atomic E-state index is 13.6. The Morgan fingerprint density at radius 2 is 0.886 bits per heavy atom. The zero-order valence-corrected chi connectivity index (χ0v) is 15.9. The highest BCUT2D eigenvalue weighted by molar-refractivity contribution is 5.19. The molecule has 1 heterocycles. The van der Waals surface area contributed by atoms with Crippen molar-refractivity contribution in [1.29, 1.82) is 0 Å². The van der Waals surface area contributed by atoms with Gasteiger partial charge in [0.15, 0.2) is 0 Å². The normalized spacial score (nSPS) is 19.8. The van der Waals surface area contributed by atoms with Gasteiger partial charge >= 0.3 is 53.6 Å². The molecule has 0 aromatic heterocycles. The van der Waals surface area contributed by atoms with Gasteiger partial charge < -0.3 is 9.47 Å². The van der Waals surface area contributed by atoms with Crippen molar-refractivity contribution in [3.63, 3.8) is 0 Å². The molecule has 0 radical (unpaired) electrons. The molecule has 210 valence electrons. The Morgan fingerprint density at radius 3 is 1.23 bits per heavy atom. The highest BCUT2D eigenvalue weighted by Gasteiger charge is 2.98. The van der Waals surface area contributed by atoms with E-state index in [2.05, 4.69) is 9.47 Å². The molecule has 1 saturated heterocycles. The van der Waals surface area contributed by atoms with Gasteiger partial charge in [0.25, 0.3) is 0 Å². The maximum atomic E-state index is 13.6. The molecule has 0 amide bonds. The van der Waals surface area contributed by atoms with E-state index in [0.717, 1.165) is 0 Å². The van der Waals surface area contributed by atoms with Crippen LogP contribution >= 0.6 is 0 Å². The van der Waals surface area contributed by atoms with Crippen molar-refractivity contribution in [1.82, 2.24) is 0 Å². The van der Waals surface area contributed by atoms with E-state index in [4.69, 9.17) is 0 Å². The van der Waals surface area contributed by atoms with Gasteiger partial charge in [-0.1, -0.05) is 0 Å². The van der Waals surface area contributed by atoms with E-state index >= 15 is 0 Å². The lowest BCUT2D eigenvalue weighted by Gasteiger charge is -2.45. The summed E-state index contributed by atoms with van der Waals surface area (Å²) in [5, 5.41) is 0. The minimum absolute atomic E-state index is 0.0357. The average molecular weight is 570 g/mol. The summed E-state index contributed by atoms with van der Waals surface area (Å²) in [6, 6.07) is 0. The van der Waals surface area contributed by atoms with Crippen LogP contribution < -0.4 is 0 Å². The van der Waals surface area contributed by atoms with Gasteiger partial charge in [-0.25, -0.2) is 4.39 Å². The van der Waals surface area contributed by atoms with Gasteiger partial charge in [0.2, 0.25) is 0 Å². The van der Waals surface area contributed by atoms with Gasteiger partial charge in [0, 0.05) is 6.42 Å². The van der Waals surface area contributed by atoms with Crippen LogP contribution in [0.3, 0.4) is 0 Å². The summed E-state index contributed by atoms with van der Waals surface area (Å²) < 4.78 is 258. The van der Waals surface area contributed by atoms with Crippen LogP contribution in [-0.2, 0) is 9.47 Å². The Labute approximate surface area is 180 Å². The molecule has 1 fully saturated rings. The van der Waals surface area contributed by atoms with E-state index in [9.17, 15) is 83.4 Å². The molecular formula is C14H9F19O2. The van der Waals surface area contributed by atoms with Crippen molar-refractivity contribution < 1.29 is 92.9 Å². The summed E-state index contributed by atoms with van der Waals surface area (Å²) in [6.07, 6.45) is -20.0. The summed E-state index contributed by atoms with van der Waals surface area (Å²) >= 11 is 0. The number of halogens is 19. The van der Waals surface area contributed by atoms with E-state index in [1.165, 1.54) is 0 Å². The lowest BCUT2D eigenvalue weighted by molar-refractivity contribution is -0.472. The Morgan fingerprint density at radius 1 is 0.543 bits per heavy atom. The third-order valence-corrected chi connectivity index (χ3v) is 4.52. The molecule has 0 aromatic carbocycles. The molecule has 1 aliphatic heterocycles. The molecule has 35 heavy (non-hydrogen) atoms. The van der Waals surface area contributed by atoms with Gasteiger partial charge in [0.05, 0.1) is 19.8 Å². The first-order valence-electron chi connectivity index (χ1n) is 8.36. The largest absolute Gasteiger partial charge is 0.438 e. The smallest absolute Gasteiger partial charge is 0.378 e. The first-order valence-corrected chi connectivity index (χ1v) is 8.36. The summed E-state index contributed by atoms with van der Waals surface area (Å²) in [4.78, 5) is 0. The minimum Gasteiger partial charge on any atom is -0.378 e. The number of rotatable bonds is 11. The molecule has 21 heteroatoms. The molecule has 0 bridgehead atoms. The van der Waals surface area contributed by atoms with Crippen molar-refractivity contribution in [2.45, 2.75) is 66.1 Å². The molecule has 0 saturated carbocycles. The van der Waals surface area contributed by atoms with E-state index < -0.39 is 79.3 Å². The van der Waals surface area contributed by atoms with Gasteiger partial charge in [0.1, 0.15) is 6.10 Å². The zero-order valence-electron chi connectivity index (χ0n) is 15.9. The molecule has 1 unspecified atom stereocenters. The molecule has 1 atom stereocenters. The second-order valence-corrected chi connectivity index (χ2v) is 7.01. The highest BCUT2D eigenvalue weighted by Crippen LogP contribution is 2.66.